The maximum absolute atomic E-state index is 13.5. The average molecular weight is 1050 g/mol. The van der Waals surface area contributed by atoms with Gasteiger partial charge in [0.05, 0.1) is 71.6 Å². The molecule has 2 aromatic heterocycles. The number of methoxy groups -OCH3 is 1. The van der Waals surface area contributed by atoms with Gasteiger partial charge in [-0.1, -0.05) is 53.8 Å². The van der Waals surface area contributed by atoms with Crippen LogP contribution in [0.3, 0.4) is 0 Å². The molecule has 26 heteroatoms. The molecule has 2 saturated heterocycles. The lowest BCUT2D eigenvalue weighted by Crippen LogP contribution is -2.47. The van der Waals surface area contributed by atoms with Crippen molar-refractivity contribution in [2.45, 2.75) is 74.8 Å². The molecule has 0 aliphatic carbocycles. The van der Waals surface area contributed by atoms with Crippen LogP contribution in [0.2, 0.25) is 20.1 Å². The van der Waals surface area contributed by atoms with E-state index in [1.54, 1.807) is 11.8 Å². The number of ether oxygens (including phenoxy) is 2. The number of nitrogens with one attached hydrogen (secondary N) is 1. The molecule has 2 atom stereocenters. The number of halogens is 10. The van der Waals surface area contributed by atoms with Crippen LogP contribution in [0.5, 0.6) is 0 Å². The van der Waals surface area contributed by atoms with Crippen molar-refractivity contribution in [3.8, 4) is 0 Å². The van der Waals surface area contributed by atoms with E-state index in [9.17, 15) is 52.8 Å². The van der Waals surface area contributed by atoms with E-state index in [1.165, 1.54) is 30.5 Å². The molecule has 2 aromatic carbocycles. The van der Waals surface area contributed by atoms with Gasteiger partial charge in [-0.25, -0.2) is 31.1 Å². The summed E-state index contributed by atoms with van der Waals surface area (Å²) >= 11 is 23.2. The molecule has 0 bridgehead atoms. The summed E-state index contributed by atoms with van der Waals surface area (Å²) in [5, 5.41) is -1.24. The summed E-state index contributed by atoms with van der Waals surface area (Å²) in [5.41, 5.74) is -3.54. The number of alkyl halides is 6. The van der Waals surface area contributed by atoms with Crippen LogP contribution >= 0.6 is 46.4 Å². The van der Waals surface area contributed by atoms with Crippen LogP contribution in [-0.4, -0.2) is 101 Å². The lowest BCUT2D eigenvalue weighted by molar-refractivity contribution is -0.138. The van der Waals surface area contributed by atoms with Gasteiger partial charge in [-0.05, 0) is 81.6 Å². The number of hydrogen-bond acceptors (Lipinski definition) is 10. The van der Waals surface area contributed by atoms with Gasteiger partial charge in [-0.3, -0.25) is 14.3 Å². The number of rotatable bonds is 10. The molecule has 362 valence electrons. The molecule has 0 radical (unpaired) electrons. The number of morpholine rings is 1. The van der Waals surface area contributed by atoms with Crippen LogP contribution in [0, 0.1) is 0 Å². The Hall–Kier alpha value is -4.16. The van der Waals surface area contributed by atoms with Crippen LogP contribution in [0.1, 0.15) is 72.6 Å². The van der Waals surface area contributed by atoms with Crippen molar-refractivity contribution < 1.29 is 62.2 Å². The topological polar surface area (TPSA) is 168 Å². The highest BCUT2D eigenvalue weighted by Gasteiger charge is 2.38. The maximum atomic E-state index is 13.5. The van der Waals surface area contributed by atoms with Gasteiger partial charge in [-0.15, -0.1) is 0 Å². The van der Waals surface area contributed by atoms with E-state index in [0.717, 1.165) is 49.6 Å². The average Bonchev–Trinajstić information content (AvgIpc) is 3.22. The number of carbonyl (C=O) groups is 2. The molecule has 4 heterocycles. The second kappa shape index (κ2) is 21.9. The smallest absolute Gasteiger partial charge is 0.377 e. The highest BCUT2D eigenvalue weighted by atomic mass is 35.5. The fraction of sp³-hybridized carbons (Fsp3) is 0.400. The Labute approximate surface area is 397 Å². The monoisotopic (exact) mass is 1050 g/mol. The zero-order valence-electron chi connectivity index (χ0n) is 34.2. The van der Waals surface area contributed by atoms with Crippen molar-refractivity contribution in [2.75, 3.05) is 49.2 Å². The molecule has 0 saturated carbocycles. The van der Waals surface area contributed by atoms with Crippen molar-refractivity contribution in [2.24, 2.45) is 0 Å². The van der Waals surface area contributed by atoms with Crippen LogP contribution in [0.25, 0.3) is 0 Å². The first-order valence-corrected chi connectivity index (χ1v) is 23.5. The number of anilines is 2. The third-order valence-electron chi connectivity index (χ3n) is 9.93. The molecule has 2 fully saturated rings. The van der Waals surface area contributed by atoms with Gasteiger partial charge in [0, 0.05) is 38.6 Å². The third-order valence-corrected chi connectivity index (χ3v) is 14.1. The van der Waals surface area contributed by atoms with E-state index < -0.39 is 81.9 Å². The van der Waals surface area contributed by atoms with E-state index in [2.05, 4.69) is 14.7 Å². The number of hydrogen-bond donors (Lipinski definition) is 1. The molecule has 0 spiro atoms. The van der Waals surface area contributed by atoms with Gasteiger partial charge in [0.2, 0.25) is 0 Å². The minimum atomic E-state index is -4.88. The summed E-state index contributed by atoms with van der Waals surface area (Å²) < 4.78 is 145. The molecule has 66 heavy (non-hydrogen) atoms. The highest BCUT2D eigenvalue weighted by Crippen LogP contribution is 2.39. The van der Waals surface area contributed by atoms with Gasteiger partial charge in [0.1, 0.15) is 6.73 Å². The van der Waals surface area contributed by atoms with E-state index in [0.29, 0.717) is 36.2 Å². The fourth-order valence-corrected chi connectivity index (χ4v) is 9.91. The second-order valence-corrected chi connectivity index (χ2v) is 19.7. The third kappa shape index (κ3) is 12.7. The minimum absolute atomic E-state index is 0. The molecule has 6 rings (SSSR count). The number of benzene rings is 2. The Morgan fingerprint density at radius 1 is 0.788 bits per heavy atom. The SMILES string of the molecule is C.CC1COCCN1C(=O)c1ncc(Cl)cc1NS(=O)(=O)c1ccc(Cl)c(C(F)(F)F)c1.COCN(c1cc(Cl)cnc1C(=O)N1CCCCC1C)S(=O)(=O)c1ccc(Cl)c(C(F)(F)F)c1. The lowest BCUT2D eigenvalue weighted by atomic mass is 10.0. The summed E-state index contributed by atoms with van der Waals surface area (Å²) in [6, 6.07) is 6.39. The Kier molecular flexibility index (Phi) is 18.0. The predicted molar refractivity (Wildman–Crippen MR) is 236 cm³/mol. The van der Waals surface area contributed by atoms with E-state index in [4.69, 9.17) is 55.9 Å². The number of nitrogens with zero attached hydrogens (tertiary/aromatic N) is 5. The van der Waals surface area contributed by atoms with Crippen LogP contribution in [0.15, 0.2) is 70.7 Å². The van der Waals surface area contributed by atoms with Gasteiger partial charge in [-0.2, -0.15) is 26.3 Å². The molecule has 14 nitrogen and oxygen atoms in total. The summed E-state index contributed by atoms with van der Waals surface area (Å²) in [4.78, 5) is 36.0. The fourth-order valence-electron chi connectivity index (χ4n) is 6.66. The summed E-state index contributed by atoms with van der Waals surface area (Å²) in [5.74, 6) is -1.08. The number of carbonyl (C=O) groups excluding carboxylic acids is 2. The number of likely N-dealkylation sites (tertiary alicyclic amines) is 1. The van der Waals surface area contributed by atoms with E-state index in [-0.39, 0.29) is 58.9 Å². The second-order valence-electron chi connectivity index (χ2n) is 14.5. The van der Waals surface area contributed by atoms with Crippen molar-refractivity contribution in [1.82, 2.24) is 19.8 Å². The first-order chi connectivity index (χ1) is 30.3. The standard InChI is InChI=1S/C21H22Cl2F3N3O4S.C18H16Cl2F3N3O4S.CH4/c1-13-5-3-4-8-28(13)20(30)19-18(9-14(22)11-27-19)29(12-33-2)34(31,32)15-6-7-17(23)16(10-15)21(24,25)26;1-10-9-30-5-4-26(10)17(27)16-15(6-11(19)8-24-16)25-31(28,29)12-2-3-14(20)13(7-12)18(21,22)23;/h6-7,9-11,13H,3-5,8,12H2,1-2H3;2-3,6-8,10,25H,4-5,9H2,1H3;1H4. The Morgan fingerprint density at radius 3 is 1.88 bits per heavy atom. The van der Waals surface area contributed by atoms with E-state index in [1.807, 2.05) is 6.92 Å². The quantitative estimate of drug-likeness (QED) is 0.119. The van der Waals surface area contributed by atoms with E-state index >= 15 is 0 Å². The molecule has 2 amide bonds. The largest absolute Gasteiger partial charge is 0.417 e. The summed E-state index contributed by atoms with van der Waals surface area (Å²) in [7, 11) is -7.98. The van der Waals surface area contributed by atoms with Gasteiger partial charge >= 0.3 is 12.4 Å². The zero-order chi connectivity index (χ0) is 48.2. The summed E-state index contributed by atoms with van der Waals surface area (Å²) in [6.07, 6.45) is -4.85. The Balaban J connectivity index is 0.000000285. The number of aromatic nitrogens is 2. The van der Waals surface area contributed by atoms with Crippen LogP contribution < -0.4 is 9.03 Å². The van der Waals surface area contributed by atoms with Crippen molar-refractivity contribution in [3.63, 3.8) is 0 Å². The van der Waals surface area contributed by atoms with Gasteiger partial charge < -0.3 is 19.3 Å². The molecule has 4 aromatic rings. The highest BCUT2D eigenvalue weighted by molar-refractivity contribution is 7.93. The van der Waals surface area contributed by atoms with Gasteiger partial charge in [0.15, 0.2) is 11.4 Å². The Bertz CT molecular complexity index is 2650. The number of pyridine rings is 2. The molecular formula is C40H42Cl4F6N6O8S2. The Morgan fingerprint density at radius 2 is 1.32 bits per heavy atom. The van der Waals surface area contributed by atoms with Crippen molar-refractivity contribution in [3.05, 3.63) is 104 Å². The first-order valence-electron chi connectivity index (χ1n) is 19.1. The normalized spacial score (nSPS) is 17.0. The van der Waals surface area contributed by atoms with Gasteiger partial charge in [0.25, 0.3) is 31.9 Å². The minimum Gasteiger partial charge on any atom is -0.377 e. The van der Waals surface area contributed by atoms with Crippen molar-refractivity contribution in [1.29, 1.82) is 0 Å². The molecular weight excluding hydrogens is 1010 g/mol. The summed E-state index contributed by atoms with van der Waals surface area (Å²) in [6.45, 7) is 4.35. The number of sulfonamides is 2. The molecule has 1 N–H and O–H groups in total. The first kappa shape index (κ1) is 54.4. The number of piperidine rings is 1. The molecule has 2 aliphatic rings. The predicted octanol–water partition coefficient (Wildman–Crippen LogP) is 9.93. The lowest BCUT2D eigenvalue weighted by Gasteiger charge is -2.34. The molecule has 2 aliphatic heterocycles. The molecule has 2 unspecified atom stereocenters. The zero-order valence-corrected chi connectivity index (χ0v) is 38.8. The van der Waals surface area contributed by atoms with Crippen molar-refractivity contribution >= 4 is 89.6 Å². The van der Waals surface area contributed by atoms with Crippen LogP contribution in [0.4, 0.5) is 37.7 Å². The maximum Gasteiger partial charge on any atom is 0.417 e. The van der Waals surface area contributed by atoms with Crippen LogP contribution in [-0.2, 0) is 41.9 Å². The number of amides is 2.